The number of aromatic amines is 1. The molecule has 2 rings (SSSR count). The molecule has 1 amide bonds. The zero-order chi connectivity index (χ0) is 13.5. The van der Waals surface area contributed by atoms with Crippen LogP contribution in [0, 0.1) is 11.8 Å². The SMILES string of the molecule is CC#CCNC(=O)CCCc1c[nH]c2ccccc12. The molecule has 0 aliphatic heterocycles. The van der Waals surface area contributed by atoms with Crippen molar-refractivity contribution in [1.29, 1.82) is 0 Å². The number of rotatable bonds is 5. The van der Waals surface area contributed by atoms with Gasteiger partial charge in [0, 0.05) is 23.5 Å². The van der Waals surface area contributed by atoms with Crippen molar-refractivity contribution in [2.24, 2.45) is 0 Å². The second kappa shape index (κ2) is 6.65. The van der Waals surface area contributed by atoms with Crippen LogP contribution in [0.2, 0.25) is 0 Å². The number of hydrogen-bond donors (Lipinski definition) is 2. The third-order valence-electron chi connectivity index (χ3n) is 3.08. The first-order valence-corrected chi connectivity index (χ1v) is 6.52. The van der Waals surface area contributed by atoms with Gasteiger partial charge < -0.3 is 10.3 Å². The van der Waals surface area contributed by atoms with E-state index < -0.39 is 0 Å². The highest BCUT2D eigenvalue weighted by Crippen LogP contribution is 2.19. The Hall–Kier alpha value is -2.21. The zero-order valence-electron chi connectivity index (χ0n) is 11.1. The third-order valence-corrected chi connectivity index (χ3v) is 3.08. The van der Waals surface area contributed by atoms with Gasteiger partial charge >= 0.3 is 0 Å². The molecule has 0 bridgehead atoms. The van der Waals surface area contributed by atoms with Gasteiger partial charge in [-0.2, -0.15) is 0 Å². The molecule has 98 valence electrons. The summed E-state index contributed by atoms with van der Waals surface area (Å²) in [6, 6.07) is 8.23. The minimum Gasteiger partial charge on any atom is -0.361 e. The van der Waals surface area contributed by atoms with Crippen LogP contribution < -0.4 is 5.32 Å². The first kappa shape index (κ1) is 13.2. The minimum absolute atomic E-state index is 0.0718. The molecule has 0 atom stereocenters. The predicted molar refractivity (Wildman–Crippen MR) is 77.7 cm³/mol. The molecule has 3 nitrogen and oxygen atoms in total. The van der Waals surface area contributed by atoms with E-state index in [1.807, 2.05) is 18.3 Å². The Morgan fingerprint density at radius 2 is 2.21 bits per heavy atom. The van der Waals surface area contributed by atoms with E-state index >= 15 is 0 Å². The Morgan fingerprint density at radius 3 is 3.05 bits per heavy atom. The van der Waals surface area contributed by atoms with Crippen molar-refractivity contribution >= 4 is 16.8 Å². The summed E-state index contributed by atoms with van der Waals surface area (Å²) in [5, 5.41) is 4.03. The van der Waals surface area contributed by atoms with Crippen LogP contribution in [0.3, 0.4) is 0 Å². The van der Waals surface area contributed by atoms with E-state index in [4.69, 9.17) is 0 Å². The van der Waals surface area contributed by atoms with Crippen LogP contribution in [-0.2, 0) is 11.2 Å². The summed E-state index contributed by atoms with van der Waals surface area (Å²) in [4.78, 5) is 14.8. The number of para-hydroxylation sites is 1. The molecule has 1 aromatic carbocycles. The van der Waals surface area contributed by atoms with Crippen molar-refractivity contribution in [3.8, 4) is 11.8 Å². The Balaban J connectivity index is 1.82. The maximum absolute atomic E-state index is 11.5. The molecule has 3 heteroatoms. The number of H-pyrrole nitrogens is 1. The van der Waals surface area contributed by atoms with Gasteiger partial charge in [-0.3, -0.25) is 4.79 Å². The summed E-state index contributed by atoms with van der Waals surface area (Å²) < 4.78 is 0. The van der Waals surface area contributed by atoms with Crippen molar-refractivity contribution in [2.45, 2.75) is 26.2 Å². The summed E-state index contributed by atoms with van der Waals surface area (Å²) in [6.45, 7) is 2.21. The molecule has 19 heavy (non-hydrogen) atoms. The number of aryl methyl sites for hydroxylation is 1. The monoisotopic (exact) mass is 254 g/mol. The van der Waals surface area contributed by atoms with Crippen molar-refractivity contribution in [1.82, 2.24) is 10.3 Å². The number of nitrogens with one attached hydrogen (secondary N) is 2. The van der Waals surface area contributed by atoms with E-state index in [0.29, 0.717) is 13.0 Å². The summed E-state index contributed by atoms with van der Waals surface area (Å²) in [5.41, 5.74) is 2.43. The summed E-state index contributed by atoms with van der Waals surface area (Å²) in [6.07, 6.45) is 4.35. The molecular formula is C16H18N2O. The van der Waals surface area contributed by atoms with Crippen LogP contribution >= 0.6 is 0 Å². The van der Waals surface area contributed by atoms with Crippen LogP contribution in [0.15, 0.2) is 30.5 Å². The fourth-order valence-corrected chi connectivity index (χ4v) is 2.10. The highest BCUT2D eigenvalue weighted by molar-refractivity contribution is 5.83. The second-order valence-electron chi connectivity index (χ2n) is 4.42. The highest BCUT2D eigenvalue weighted by atomic mass is 16.1. The van der Waals surface area contributed by atoms with Crippen molar-refractivity contribution < 1.29 is 4.79 Å². The van der Waals surface area contributed by atoms with E-state index in [1.54, 1.807) is 6.92 Å². The van der Waals surface area contributed by atoms with Gasteiger partial charge in [0.1, 0.15) is 0 Å². The zero-order valence-corrected chi connectivity index (χ0v) is 11.1. The van der Waals surface area contributed by atoms with Crippen LogP contribution in [-0.4, -0.2) is 17.4 Å². The van der Waals surface area contributed by atoms with Crippen molar-refractivity contribution in [3.05, 3.63) is 36.0 Å². The Bertz CT molecular complexity index is 616. The van der Waals surface area contributed by atoms with E-state index in [2.05, 4.69) is 34.3 Å². The van der Waals surface area contributed by atoms with Gasteiger partial charge in [-0.15, -0.1) is 5.92 Å². The molecule has 0 aliphatic rings. The lowest BCUT2D eigenvalue weighted by atomic mass is 10.1. The quantitative estimate of drug-likeness (QED) is 0.792. The minimum atomic E-state index is 0.0718. The topological polar surface area (TPSA) is 44.9 Å². The molecule has 0 unspecified atom stereocenters. The molecule has 1 heterocycles. The molecule has 2 aromatic rings. The number of benzene rings is 1. The average Bonchev–Trinajstić information content (AvgIpc) is 2.83. The van der Waals surface area contributed by atoms with Gasteiger partial charge in [-0.05, 0) is 31.4 Å². The second-order valence-corrected chi connectivity index (χ2v) is 4.42. The number of hydrogen-bond acceptors (Lipinski definition) is 1. The van der Waals surface area contributed by atoms with Crippen LogP contribution in [0.5, 0.6) is 0 Å². The fraction of sp³-hybridized carbons (Fsp3) is 0.312. The Morgan fingerprint density at radius 1 is 1.37 bits per heavy atom. The van der Waals surface area contributed by atoms with Crippen LogP contribution in [0.4, 0.5) is 0 Å². The highest BCUT2D eigenvalue weighted by Gasteiger charge is 2.04. The lowest BCUT2D eigenvalue weighted by Crippen LogP contribution is -2.23. The summed E-state index contributed by atoms with van der Waals surface area (Å²) in [7, 11) is 0. The van der Waals surface area contributed by atoms with Crippen molar-refractivity contribution in [2.75, 3.05) is 6.54 Å². The Labute approximate surface area is 113 Å². The number of aromatic nitrogens is 1. The predicted octanol–water partition coefficient (Wildman–Crippen LogP) is 2.63. The number of carbonyl (C=O) groups excluding carboxylic acids is 1. The molecule has 1 aromatic heterocycles. The summed E-state index contributed by atoms with van der Waals surface area (Å²) in [5.74, 6) is 5.65. The van der Waals surface area contributed by atoms with Gasteiger partial charge in [-0.1, -0.05) is 24.1 Å². The van der Waals surface area contributed by atoms with E-state index in [-0.39, 0.29) is 5.91 Å². The maximum atomic E-state index is 11.5. The first-order chi connectivity index (χ1) is 9.31. The van der Waals surface area contributed by atoms with E-state index in [0.717, 1.165) is 18.4 Å². The van der Waals surface area contributed by atoms with Gasteiger partial charge in [0.2, 0.25) is 5.91 Å². The molecule has 0 spiro atoms. The number of amides is 1. The van der Waals surface area contributed by atoms with Gasteiger partial charge in [0.05, 0.1) is 6.54 Å². The number of fused-ring (bicyclic) bond motifs is 1. The third kappa shape index (κ3) is 3.62. The summed E-state index contributed by atoms with van der Waals surface area (Å²) >= 11 is 0. The van der Waals surface area contributed by atoms with Crippen LogP contribution in [0.1, 0.15) is 25.3 Å². The molecule has 0 aliphatic carbocycles. The standard InChI is InChI=1S/C16H18N2O/c1-2-3-11-17-16(19)10-6-7-13-12-18-15-9-5-4-8-14(13)15/h4-5,8-9,12,18H,6-7,10-11H2,1H3,(H,17,19). The molecule has 0 saturated carbocycles. The number of carbonyl (C=O) groups is 1. The lowest BCUT2D eigenvalue weighted by molar-refractivity contribution is -0.120. The molecular weight excluding hydrogens is 236 g/mol. The average molecular weight is 254 g/mol. The van der Waals surface area contributed by atoms with E-state index in [9.17, 15) is 4.79 Å². The van der Waals surface area contributed by atoms with Gasteiger partial charge in [0.15, 0.2) is 0 Å². The maximum Gasteiger partial charge on any atom is 0.220 e. The van der Waals surface area contributed by atoms with Gasteiger partial charge in [0.25, 0.3) is 0 Å². The van der Waals surface area contributed by atoms with Crippen LogP contribution in [0.25, 0.3) is 10.9 Å². The largest absolute Gasteiger partial charge is 0.361 e. The van der Waals surface area contributed by atoms with Gasteiger partial charge in [-0.25, -0.2) is 0 Å². The van der Waals surface area contributed by atoms with Crippen molar-refractivity contribution in [3.63, 3.8) is 0 Å². The normalized spacial score (nSPS) is 9.95. The molecule has 0 saturated heterocycles. The lowest BCUT2D eigenvalue weighted by Gasteiger charge is -2.01. The smallest absolute Gasteiger partial charge is 0.220 e. The van der Waals surface area contributed by atoms with E-state index in [1.165, 1.54) is 10.9 Å². The molecule has 0 radical (unpaired) electrons. The fourth-order valence-electron chi connectivity index (χ4n) is 2.10. The molecule has 2 N–H and O–H groups in total. The Kier molecular flexibility index (Phi) is 4.63. The first-order valence-electron chi connectivity index (χ1n) is 6.52. The molecule has 0 fully saturated rings.